The van der Waals surface area contributed by atoms with Gasteiger partial charge in [0.1, 0.15) is 0 Å². The lowest BCUT2D eigenvalue weighted by atomic mass is 9.73. The summed E-state index contributed by atoms with van der Waals surface area (Å²) in [4.78, 5) is 7.80. The standard InChI is InChI=1S/C30H67N3O2Si/c1-10-31(11-2)26-19-22-30(23-20-27-32(12-3)13-4,24-21-28-33(14-5)15-6)25-29-36(18-9,34-16-7)35-17-8/h10-29H2,1-9H3. The van der Waals surface area contributed by atoms with Crippen LogP contribution in [0.25, 0.3) is 0 Å². The Morgan fingerprint density at radius 3 is 1.08 bits per heavy atom. The van der Waals surface area contributed by atoms with Crippen LogP contribution in [0.3, 0.4) is 0 Å². The molecule has 0 saturated heterocycles. The quantitative estimate of drug-likeness (QED) is 0.110. The second-order valence-corrected chi connectivity index (χ2v) is 14.1. The van der Waals surface area contributed by atoms with Gasteiger partial charge in [0, 0.05) is 13.2 Å². The third kappa shape index (κ3) is 14.2. The molecule has 0 atom stereocenters. The van der Waals surface area contributed by atoms with Crippen LogP contribution in [-0.4, -0.2) is 95.4 Å². The molecule has 5 nitrogen and oxygen atoms in total. The fraction of sp³-hybridized carbons (Fsp3) is 1.00. The molecule has 0 spiro atoms. The first-order valence-electron chi connectivity index (χ1n) is 15.8. The van der Waals surface area contributed by atoms with Gasteiger partial charge in [-0.25, -0.2) is 0 Å². The fourth-order valence-electron chi connectivity index (χ4n) is 5.95. The minimum Gasteiger partial charge on any atom is -0.394 e. The fourth-order valence-corrected chi connectivity index (χ4v) is 9.05. The van der Waals surface area contributed by atoms with Gasteiger partial charge in [-0.05, 0) is 135 Å². The van der Waals surface area contributed by atoms with Crippen molar-refractivity contribution in [2.45, 2.75) is 119 Å². The van der Waals surface area contributed by atoms with Crippen molar-refractivity contribution in [2.24, 2.45) is 5.41 Å². The van der Waals surface area contributed by atoms with E-state index in [1.807, 2.05) is 0 Å². The van der Waals surface area contributed by atoms with Gasteiger partial charge in [0.25, 0.3) is 0 Å². The second-order valence-electron chi connectivity index (χ2n) is 10.5. The van der Waals surface area contributed by atoms with Crippen LogP contribution in [0.4, 0.5) is 0 Å². The third-order valence-corrected chi connectivity index (χ3v) is 12.3. The van der Waals surface area contributed by atoms with Gasteiger partial charge in [0.05, 0.1) is 0 Å². The smallest absolute Gasteiger partial charge is 0.337 e. The molecule has 0 unspecified atom stereocenters. The van der Waals surface area contributed by atoms with E-state index >= 15 is 0 Å². The SMILES string of the molecule is CCO[Si](CC)(CCC(CCCN(CC)CC)(CCCN(CC)CC)CCCN(CC)CC)OCC. The van der Waals surface area contributed by atoms with Gasteiger partial charge >= 0.3 is 8.56 Å². The summed E-state index contributed by atoms with van der Waals surface area (Å²) in [6.45, 7) is 32.6. The Morgan fingerprint density at radius 2 is 0.833 bits per heavy atom. The van der Waals surface area contributed by atoms with Crippen LogP contribution in [0.1, 0.15) is 107 Å². The zero-order chi connectivity index (χ0) is 27.3. The minimum atomic E-state index is -2.13. The lowest BCUT2D eigenvalue weighted by Crippen LogP contribution is -2.43. The zero-order valence-electron chi connectivity index (χ0n) is 26.3. The highest BCUT2D eigenvalue weighted by Gasteiger charge is 2.39. The molecule has 0 aliphatic heterocycles. The van der Waals surface area contributed by atoms with E-state index in [9.17, 15) is 0 Å². The summed E-state index contributed by atoms with van der Waals surface area (Å²) >= 11 is 0. The monoisotopic (exact) mass is 530 g/mol. The van der Waals surface area contributed by atoms with Gasteiger partial charge in [0.15, 0.2) is 0 Å². The van der Waals surface area contributed by atoms with Crippen molar-refractivity contribution in [3.63, 3.8) is 0 Å². The van der Waals surface area contributed by atoms with Crippen LogP contribution in [0.5, 0.6) is 0 Å². The molecule has 0 radical (unpaired) electrons. The summed E-state index contributed by atoms with van der Waals surface area (Å²) in [5.41, 5.74) is 0.398. The van der Waals surface area contributed by atoms with Gasteiger partial charge in [0.2, 0.25) is 0 Å². The molecule has 0 amide bonds. The molecule has 0 saturated carbocycles. The second kappa shape index (κ2) is 21.9. The van der Waals surface area contributed by atoms with Gasteiger partial charge in [-0.2, -0.15) is 0 Å². The molecule has 0 fully saturated rings. The van der Waals surface area contributed by atoms with E-state index in [1.165, 1.54) is 64.6 Å². The zero-order valence-corrected chi connectivity index (χ0v) is 27.3. The lowest BCUT2D eigenvalue weighted by Gasteiger charge is -2.39. The highest BCUT2D eigenvalue weighted by molar-refractivity contribution is 6.67. The molecule has 0 heterocycles. The van der Waals surface area contributed by atoms with Gasteiger partial charge in [-0.3, -0.25) is 0 Å². The lowest BCUT2D eigenvalue weighted by molar-refractivity contribution is 0.141. The largest absolute Gasteiger partial charge is 0.394 e. The molecule has 0 rings (SSSR count). The van der Waals surface area contributed by atoms with E-state index in [1.54, 1.807) is 0 Å². The topological polar surface area (TPSA) is 28.2 Å². The van der Waals surface area contributed by atoms with Crippen molar-refractivity contribution >= 4 is 8.56 Å². The first-order chi connectivity index (χ1) is 17.4. The maximum Gasteiger partial charge on any atom is 0.337 e. The molecule has 218 valence electrons. The average molecular weight is 530 g/mol. The Morgan fingerprint density at radius 1 is 0.500 bits per heavy atom. The van der Waals surface area contributed by atoms with Crippen LogP contribution < -0.4 is 0 Å². The van der Waals surface area contributed by atoms with Crippen molar-refractivity contribution in [3.8, 4) is 0 Å². The molecule has 0 N–H and O–H groups in total. The van der Waals surface area contributed by atoms with Gasteiger partial charge in [-0.1, -0.05) is 48.5 Å². The summed E-state index contributed by atoms with van der Waals surface area (Å²) in [6.07, 6.45) is 9.21. The van der Waals surface area contributed by atoms with Gasteiger partial charge < -0.3 is 23.6 Å². The van der Waals surface area contributed by atoms with Gasteiger partial charge in [-0.15, -0.1) is 0 Å². The van der Waals surface area contributed by atoms with E-state index in [-0.39, 0.29) is 0 Å². The Hall–Kier alpha value is 0.0169. The molecule has 36 heavy (non-hydrogen) atoms. The molecule has 6 heteroatoms. The number of hydrogen-bond acceptors (Lipinski definition) is 5. The first-order valence-corrected chi connectivity index (χ1v) is 18.0. The summed E-state index contributed by atoms with van der Waals surface area (Å²) in [7, 11) is -2.13. The predicted octanol–water partition coefficient (Wildman–Crippen LogP) is 7.26. The van der Waals surface area contributed by atoms with E-state index in [2.05, 4.69) is 77.0 Å². The first kappa shape index (κ1) is 36.0. The molecule has 0 aromatic carbocycles. The van der Waals surface area contributed by atoms with Crippen molar-refractivity contribution in [1.29, 1.82) is 0 Å². The molecular weight excluding hydrogens is 462 g/mol. The van der Waals surface area contributed by atoms with Crippen LogP contribution in [0, 0.1) is 5.41 Å². The van der Waals surface area contributed by atoms with Crippen LogP contribution in [-0.2, 0) is 8.85 Å². The van der Waals surface area contributed by atoms with E-state index < -0.39 is 8.56 Å². The Labute approximate surface area is 228 Å². The Balaban J connectivity index is 5.79. The van der Waals surface area contributed by atoms with E-state index in [0.717, 1.165) is 64.6 Å². The van der Waals surface area contributed by atoms with Crippen LogP contribution in [0.15, 0.2) is 0 Å². The number of nitrogens with zero attached hydrogens (tertiary/aromatic N) is 3. The van der Waals surface area contributed by atoms with Crippen molar-refractivity contribution in [3.05, 3.63) is 0 Å². The Kier molecular flexibility index (Phi) is 21.9. The Bertz CT molecular complexity index is 431. The van der Waals surface area contributed by atoms with Crippen molar-refractivity contribution < 1.29 is 8.85 Å². The molecule has 0 aliphatic rings. The van der Waals surface area contributed by atoms with E-state index in [0.29, 0.717) is 5.41 Å². The summed E-state index contributed by atoms with van der Waals surface area (Å²) in [5, 5.41) is 0. The normalized spacial score (nSPS) is 13.0. The molecule has 0 bridgehead atoms. The molecule has 0 aromatic heterocycles. The molecule has 0 aliphatic carbocycles. The number of hydrogen-bond donors (Lipinski definition) is 0. The van der Waals surface area contributed by atoms with E-state index in [4.69, 9.17) is 8.85 Å². The minimum absolute atomic E-state index is 0.398. The maximum atomic E-state index is 6.44. The summed E-state index contributed by atoms with van der Waals surface area (Å²) < 4.78 is 12.9. The highest BCUT2D eigenvalue weighted by Crippen LogP contribution is 2.42. The average Bonchev–Trinajstić information content (AvgIpc) is 2.90. The molecule has 0 aromatic rings. The summed E-state index contributed by atoms with van der Waals surface area (Å²) in [5.74, 6) is 0. The third-order valence-electron chi connectivity index (χ3n) is 8.62. The van der Waals surface area contributed by atoms with Crippen LogP contribution >= 0.6 is 0 Å². The highest BCUT2D eigenvalue weighted by atomic mass is 28.4. The van der Waals surface area contributed by atoms with Crippen molar-refractivity contribution in [1.82, 2.24) is 14.7 Å². The van der Waals surface area contributed by atoms with Crippen molar-refractivity contribution in [2.75, 3.05) is 72.1 Å². The number of rotatable bonds is 26. The summed E-state index contributed by atoms with van der Waals surface area (Å²) in [6, 6.07) is 2.20. The molecular formula is C30H67N3O2Si. The maximum absolute atomic E-state index is 6.44. The van der Waals surface area contributed by atoms with Crippen LogP contribution in [0.2, 0.25) is 12.1 Å². The predicted molar refractivity (Wildman–Crippen MR) is 162 cm³/mol.